The Labute approximate surface area is 141 Å². The fourth-order valence-corrected chi connectivity index (χ4v) is 3.24. The summed E-state index contributed by atoms with van der Waals surface area (Å²) in [5.41, 5.74) is 5.38. The second-order valence-corrected chi connectivity index (χ2v) is 6.03. The zero-order chi connectivity index (χ0) is 16.5. The van der Waals surface area contributed by atoms with E-state index >= 15 is 0 Å². The van der Waals surface area contributed by atoms with Gasteiger partial charge in [-0.2, -0.15) is 0 Å². The van der Waals surface area contributed by atoms with Gasteiger partial charge in [0, 0.05) is 24.1 Å². The molecule has 0 saturated carbocycles. The fraction of sp³-hybridized carbons (Fsp3) is 0.0588. The highest BCUT2D eigenvalue weighted by Crippen LogP contribution is 2.26. The summed E-state index contributed by atoms with van der Waals surface area (Å²) in [6.45, 7) is 0.495. The van der Waals surface area contributed by atoms with Gasteiger partial charge in [0.15, 0.2) is 5.82 Å². The van der Waals surface area contributed by atoms with E-state index in [0.29, 0.717) is 6.54 Å². The first kappa shape index (κ1) is 14.5. The van der Waals surface area contributed by atoms with Gasteiger partial charge in [-0.05, 0) is 17.7 Å². The quantitative estimate of drug-likeness (QED) is 0.415. The van der Waals surface area contributed by atoms with E-state index in [9.17, 15) is 10.1 Å². The normalized spacial score (nSPS) is 11.0. The molecule has 4 aromatic rings. The standard InChI is InChI=1S/C17H12N4O2S/c22-21(23)13-5-3-4-12(8-13)9-20-16-7-2-1-6-14(16)19-17(20)15-10-24-11-18-15/h1-8,10-11H,9H2. The van der Waals surface area contributed by atoms with Crippen LogP contribution in [0.4, 0.5) is 5.69 Å². The molecule has 6 nitrogen and oxygen atoms in total. The number of hydrogen-bond donors (Lipinski definition) is 0. The van der Waals surface area contributed by atoms with Gasteiger partial charge in [-0.15, -0.1) is 11.3 Å². The first-order valence-corrected chi connectivity index (χ1v) is 8.24. The number of rotatable bonds is 4. The lowest BCUT2D eigenvalue weighted by atomic mass is 10.2. The Bertz CT molecular complexity index is 1020. The molecule has 0 amide bonds. The molecule has 0 aliphatic carbocycles. The summed E-state index contributed by atoms with van der Waals surface area (Å²) in [5, 5.41) is 12.9. The lowest BCUT2D eigenvalue weighted by molar-refractivity contribution is -0.384. The molecule has 0 spiro atoms. The first-order chi connectivity index (χ1) is 11.7. The van der Waals surface area contributed by atoms with Gasteiger partial charge in [-0.25, -0.2) is 9.97 Å². The van der Waals surface area contributed by atoms with E-state index < -0.39 is 0 Å². The van der Waals surface area contributed by atoms with Gasteiger partial charge in [0.1, 0.15) is 5.69 Å². The summed E-state index contributed by atoms with van der Waals surface area (Å²) in [6, 6.07) is 14.5. The van der Waals surface area contributed by atoms with E-state index in [1.54, 1.807) is 17.6 Å². The summed E-state index contributed by atoms with van der Waals surface area (Å²) in [6.07, 6.45) is 0. The number of fused-ring (bicyclic) bond motifs is 1. The highest BCUT2D eigenvalue weighted by atomic mass is 32.1. The Balaban J connectivity index is 1.85. The summed E-state index contributed by atoms with van der Waals surface area (Å²) in [5.74, 6) is 0.768. The Hall–Kier alpha value is -3.06. The third-order valence-electron chi connectivity index (χ3n) is 3.78. The molecule has 24 heavy (non-hydrogen) atoms. The molecular weight excluding hydrogens is 324 g/mol. The molecule has 0 aliphatic heterocycles. The topological polar surface area (TPSA) is 73.8 Å². The van der Waals surface area contributed by atoms with Crippen molar-refractivity contribution in [2.24, 2.45) is 0 Å². The van der Waals surface area contributed by atoms with Gasteiger partial charge >= 0.3 is 0 Å². The molecule has 0 aliphatic rings. The van der Waals surface area contributed by atoms with E-state index in [-0.39, 0.29) is 10.6 Å². The minimum Gasteiger partial charge on any atom is -0.318 e. The largest absolute Gasteiger partial charge is 0.318 e. The zero-order valence-electron chi connectivity index (χ0n) is 12.5. The van der Waals surface area contributed by atoms with Crippen LogP contribution in [0, 0.1) is 10.1 Å². The maximum absolute atomic E-state index is 11.0. The molecule has 0 bridgehead atoms. The molecule has 0 atom stereocenters. The molecule has 0 unspecified atom stereocenters. The van der Waals surface area contributed by atoms with Crippen molar-refractivity contribution in [3.63, 3.8) is 0 Å². The maximum atomic E-state index is 11.0. The molecule has 118 valence electrons. The number of imidazole rings is 1. The van der Waals surface area contributed by atoms with Crippen molar-refractivity contribution < 1.29 is 4.92 Å². The number of nitro groups is 1. The Morgan fingerprint density at radius 1 is 1.17 bits per heavy atom. The number of non-ortho nitro benzene ring substituents is 1. The minimum atomic E-state index is -0.378. The van der Waals surface area contributed by atoms with Crippen LogP contribution >= 0.6 is 11.3 Å². The van der Waals surface area contributed by atoms with Crippen LogP contribution < -0.4 is 0 Å². The summed E-state index contributed by atoms with van der Waals surface area (Å²) >= 11 is 1.51. The lowest BCUT2D eigenvalue weighted by Crippen LogP contribution is -2.03. The third-order valence-corrected chi connectivity index (χ3v) is 4.36. The van der Waals surface area contributed by atoms with Crippen molar-refractivity contribution in [2.45, 2.75) is 6.54 Å². The minimum absolute atomic E-state index is 0.0899. The van der Waals surface area contributed by atoms with Crippen molar-refractivity contribution in [3.05, 3.63) is 75.1 Å². The molecule has 0 N–H and O–H groups in total. The van der Waals surface area contributed by atoms with Gasteiger partial charge < -0.3 is 4.57 Å². The van der Waals surface area contributed by atoms with Crippen LogP contribution in [-0.4, -0.2) is 19.5 Å². The number of aromatic nitrogens is 3. The smallest absolute Gasteiger partial charge is 0.269 e. The first-order valence-electron chi connectivity index (χ1n) is 7.29. The monoisotopic (exact) mass is 336 g/mol. The molecule has 0 fully saturated rings. The number of benzene rings is 2. The van der Waals surface area contributed by atoms with Gasteiger partial charge in [-0.1, -0.05) is 24.3 Å². The second kappa shape index (κ2) is 5.86. The van der Waals surface area contributed by atoms with Crippen molar-refractivity contribution in [2.75, 3.05) is 0 Å². The summed E-state index contributed by atoms with van der Waals surface area (Å²) < 4.78 is 2.05. The Kier molecular flexibility index (Phi) is 3.55. The van der Waals surface area contributed by atoms with Crippen LogP contribution in [-0.2, 0) is 6.54 Å². The van der Waals surface area contributed by atoms with Crippen LogP contribution in [0.1, 0.15) is 5.56 Å². The number of para-hydroxylation sites is 2. The number of nitrogens with zero attached hydrogens (tertiary/aromatic N) is 4. The molecular formula is C17H12N4O2S. The molecule has 7 heteroatoms. The SMILES string of the molecule is O=[N+]([O-])c1cccc(Cn2c(-c3cscn3)nc3ccccc32)c1. The molecule has 2 aromatic heterocycles. The summed E-state index contributed by atoms with van der Waals surface area (Å²) in [7, 11) is 0. The molecule has 0 saturated heterocycles. The zero-order valence-corrected chi connectivity index (χ0v) is 13.3. The Morgan fingerprint density at radius 3 is 2.83 bits per heavy atom. The van der Waals surface area contributed by atoms with E-state index in [4.69, 9.17) is 0 Å². The highest BCUT2D eigenvalue weighted by Gasteiger charge is 2.15. The van der Waals surface area contributed by atoms with E-state index in [2.05, 4.69) is 9.97 Å². The van der Waals surface area contributed by atoms with Crippen LogP contribution in [0.3, 0.4) is 0 Å². The molecule has 0 radical (unpaired) electrons. The van der Waals surface area contributed by atoms with Crippen molar-refractivity contribution in [3.8, 4) is 11.5 Å². The lowest BCUT2D eigenvalue weighted by Gasteiger charge is -2.08. The van der Waals surface area contributed by atoms with Crippen molar-refractivity contribution >= 4 is 28.1 Å². The average molecular weight is 336 g/mol. The number of thiazole rings is 1. The molecule has 2 aromatic carbocycles. The predicted octanol–water partition coefficient (Wildman–Crippen LogP) is 4.12. The molecule has 4 rings (SSSR count). The average Bonchev–Trinajstić information content (AvgIpc) is 3.23. The van der Waals surface area contributed by atoms with Crippen LogP contribution in [0.2, 0.25) is 0 Å². The van der Waals surface area contributed by atoms with Gasteiger partial charge in [0.2, 0.25) is 0 Å². The second-order valence-electron chi connectivity index (χ2n) is 5.31. The Morgan fingerprint density at radius 2 is 2.04 bits per heavy atom. The number of nitro benzene ring substituents is 1. The van der Waals surface area contributed by atoms with Crippen molar-refractivity contribution in [1.29, 1.82) is 0 Å². The van der Waals surface area contributed by atoms with Crippen LogP contribution in [0.25, 0.3) is 22.6 Å². The van der Waals surface area contributed by atoms with E-state index in [1.807, 2.05) is 40.3 Å². The van der Waals surface area contributed by atoms with Gasteiger partial charge in [0.25, 0.3) is 5.69 Å². The predicted molar refractivity (Wildman–Crippen MR) is 93.0 cm³/mol. The highest BCUT2D eigenvalue weighted by molar-refractivity contribution is 7.07. The van der Waals surface area contributed by atoms with Crippen LogP contribution in [0.5, 0.6) is 0 Å². The summed E-state index contributed by atoms with van der Waals surface area (Å²) in [4.78, 5) is 19.7. The maximum Gasteiger partial charge on any atom is 0.269 e. The number of hydrogen-bond acceptors (Lipinski definition) is 5. The van der Waals surface area contributed by atoms with E-state index in [1.165, 1.54) is 17.4 Å². The molecule has 2 heterocycles. The van der Waals surface area contributed by atoms with E-state index in [0.717, 1.165) is 28.1 Å². The van der Waals surface area contributed by atoms with Gasteiger partial charge in [0.05, 0.1) is 21.5 Å². The van der Waals surface area contributed by atoms with Crippen LogP contribution in [0.15, 0.2) is 59.4 Å². The van der Waals surface area contributed by atoms with Gasteiger partial charge in [-0.3, -0.25) is 10.1 Å². The van der Waals surface area contributed by atoms with Crippen molar-refractivity contribution in [1.82, 2.24) is 14.5 Å². The third kappa shape index (κ3) is 2.55. The fourth-order valence-electron chi connectivity index (χ4n) is 2.71.